The number of fused-ring (bicyclic) bond motifs is 3. The molecule has 0 fully saturated rings. The Balaban J connectivity index is 1.96. The molecule has 0 saturated carbocycles. The standard InChI is InChI=1S/C38H40Br2N2/c1-21(2)27-11-9-12-28(22(3)4)35(27)41-37-33-19-25(39)15-17-31(33)32-18-16-26(40)20-34(32)38(37)42-36-29(23(5)6)13-10-14-30(36)24(7)8/h9-24H,1-8H3. The highest BCUT2D eigenvalue weighted by atomic mass is 79.9. The number of rotatable bonds is 6. The second-order valence-corrected chi connectivity index (χ2v) is 14.3. The molecule has 0 aliphatic heterocycles. The first-order chi connectivity index (χ1) is 20.0. The maximum absolute atomic E-state index is 5.65. The van der Waals surface area contributed by atoms with Crippen LogP contribution >= 0.6 is 31.9 Å². The second-order valence-electron chi connectivity index (χ2n) is 12.5. The van der Waals surface area contributed by atoms with Crippen LogP contribution in [0.1, 0.15) is 112 Å². The third-order valence-corrected chi connectivity index (χ3v) is 9.11. The van der Waals surface area contributed by atoms with Crippen LogP contribution in [-0.2, 0) is 0 Å². The molecule has 4 aromatic carbocycles. The lowest BCUT2D eigenvalue weighted by atomic mass is 9.82. The summed E-state index contributed by atoms with van der Waals surface area (Å²) in [5.41, 5.74) is 13.5. The number of halogens is 2. The van der Waals surface area contributed by atoms with Crippen molar-refractivity contribution in [2.45, 2.75) is 79.1 Å². The van der Waals surface area contributed by atoms with Gasteiger partial charge in [-0.05, 0) is 81.3 Å². The highest BCUT2D eigenvalue weighted by molar-refractivity contribution is 9.10. The Bertz CT molecular complexity index is 1530. The zero-order valence-corrected chi connectivity index (χ0v) is 29.1. The van der Waals surface area contributed by atoms with Crippen LogP contribution in [0.25, 0.3) is 11.1 Å². The van der Waals surface area contributed by atoms with E-state index >= 15 is 0 Å². The monoisotopic (exact) mass is 682 g/mol. The van der Waals surface area contributed by atoms with E-state index in [1.165, 1.54) is 33.4 Å². The Hall–Kier alpha value is -2.82. The van der Waals surface area contributed by atoms with E-state index in [0.29, 0.717) is 23.7 Å². The molecule has 0 spiro atoms. The molecule has 0 atom stereocenters. The summed E-state index contributed by atoms with van der Waals surface area (Å²) in [5.74, 6) is 1.35. The Labute approximate surface area is 268 Å². The van der Waals surface area contributed by atoms with Crippen LogP contribution in [-0.4, -0.2) is 11.4 Å². The van der Waals surface area contributed by atoms with Crippen molar-refractivity contribution < 1.29 is 0 Å². The summed E-state index contributed by atoms with van der Waals surface area (Å²) in [6, 6.07) is 26.3. The van der Waals surface area contributed by atoms with Crippen molar-refractivity contribution in [3.05, 3.63) is 115 Å². The minimum atomic E-state index is 0.338. The Morgan fingerprint density at radius 3 is 1.02 bits per heavy atom. The predicted octanol–water partition coefficient (Wildman–Crippen LogP) is 12.6. The average Bonchev–Trinajstić information content (AvgIpc) is 2.94. The summed E-state index contributed by atoms with van der Waals surface area (Å²) in [7, 11) is 0. The van der Waals surface area contributed by atoms with Crippen LogP contribution < -0.4 is 0 Å². The maximum Gasteiger partial charge on any atom is 0.0979 e. The quantitative estimate of drug-likeness (QED) is 0.193. The van der Waals surface area contributed by atoms with Crippen molar-refractivity contribution in [1.82, 2.24) is 0 Å². The average molecular weight is 685 g/mol. The number of aliphatic imine (C=N–C) groups is 2. The third-order valence-electron chi connectivity index (χ3n) is 8.12. The summed E-state index contributed by atoms with van der Waals surface area (Å²) in [6.07, 6.45) is 0. The van der Waals surface area contributed by atoms with Gasteiger partial charge in [-0.1, -0.05) is 136 Å². The van der Waals surface area contributed by atoms with Gasteiger partial charge in [0.15, 0.2) is 0 Å². The van der Waals surface area contributed by atoms with Gasteiger partial charge in [0.05, 0.1) is 22.8 Å². The van der Waals surface area contributed by atoms with Crippen LogP contribution in [0.15, 0.2) is 91.7 Å². The van der Waals surface area contributed by atoms with Crippen LogP contribution in [0, 0.1) is 0 Å². The Morgan fingerprint density at radius 2 is 0.738 bits per heavy atom. The van der Waals surface area contributed by atoms with Crippen molar-refractivity contribution in [2.75, 3.05) is 0 Å². The molecule has 0 bridgehead atoms. The lowest BCUT2D eigenvalue weighted by molar-refractivity contribution is 0.834. The SMILES string of the molecule is CC(C)c1cccc(C(C)C)c1N=C1C(=Nc2c(C(C)C)cccc2C(C)C)c2cc(Br)ccc2-c2ccc(Br)cc21. The van der Waals surface area contributed by atoms with E-state index in [9.17, 15) is 0 Å². The van der Waals surface area contributed by atoms with E-state index in [1.54, 1.807) is 0 Å². The zero-order valence-electron chi connectivity index (χ0n) is 25.9. The molecule has 1 aliphatic carbocycles. The van der Waals surface area contributed by atoms with Crippen molar-refractivity contribution >= 4 is 54.7 Å². The van der Waals surface area contributed by atoms with Crippen molar-refractivity contribution in [3.63, 3.8) is 0 Å². The van der Waals surface area contributed by atoms with Crippen LogP contribution in [0.5, 0.6) is 0 Å². The number of hydrogen-bond acceptors (Lipinski definition) is 2. The second kappa shape index (κ2) is 12.4. The van der Waals surface area contributed by atoms with Gasteiger partial charge in [-0.3, -0.25) is 0 Å². The van der Waals surface area contributed by atoms with E-state index in [0.717, 1.165) is 42.9 Å². The minimum Gasteiger partial charge on any atom is -0.245 e. The van der Waals surface area contributed by atoms with Gasteiger partial charge in [0.25, 0.3) is 0 Å². The molecule has 4 aromatic rings. The Kier molecular flexibility index (Phi) is 9.06. The smallest absolute Gasteiger partial charge is 0.0979 e. The molecular weight excluding hydrogens is 644 g/mol. The first-order valence-corrected chi connectivity index (χ1v) is 16.6. The lowest BCUT2D eigenvalue weighted by Gasteiger charge is -2.26. The minimum absolute atomic E-state index is 0.338. The summed E-state index contributed by atoms with van der Waals surface area (Å²) >= 11 is 7.55. The molecule has 0 radical (unpaired) electrons. The number of nitrogens with zero attached hydrogens (tertiary/aromatic N) is 2. The highest BCUT2D eigenvalue weighted by Crippen LogP contribution is 2.43. The molecule has 0 unspecified atom stereocenters. The molecule has 0 heterocycles. The fourth-order valence-corrected chi connectivity index (χ4v) is 6.60. The molecule has 0 saturated heterocycles. The number of benzene rings is 4. The number of para-hydroxylation sites is 2. The normalized spacial score (nSPS) is 14.9. The first-order valence-electron chi connectivity index (χ1n) is 15.0. The molecule has 42 heavy (non-hydrogen) atoms. The topological polar surface area (TPSA) is 24.7 Å². The maximum atomic E-state index is 5.65. The summed E-state index contributed by atoms with van der Waals surface area (Å²) < 4.78 is 2.06. The van der Waals surface area contributed by atoms with E-state index in [2.05, 4.69) is 160 Å². The van der Waals surface area contributed by atoms with Crippen LogP contribution in [0.3, 0.4) is 0 Å². The van der Waals surface area contributed by atoms with Crippen molar-refractivity contribution in [1.29, 1.82) is 0 Å². The summed E-state index contributed by atoms with van der Waals surface area (Å²) in [6.45, 7) is 18.0. The molecule has 1 aliphatic rings. The van der Waals surface area contributed by atoms with Gasteiger partial charge in [-0.25, -0.2) is 9.98 Å². The van der Waals surface area contributed by atoms with Gasteiger partial charge in [-0.15, -0.1) is 0 Å². The van der Waals surface area contributed by atoms with Crippen molar-refractivity contribution in [3.8, 4) is 11.1 Å². The van der Waals surface area contributed by atoms with Gasteiger partial charge in [0.1, 0.15) is 0 Å². The molecule has 4 heteroatoms. The molecule has 2 nitrogen and oxygen atoms in total. The first kappa shape index (κ1) is 30.6. The zero-order chi connectivity index (χ0) is 30.3. The van der Waals surface area contributed by atoms with Gasteiger partial charge in [0.2, 0.25) is 0 Å². The molecule has 216 valence electrons. The molecular formula is C38H40Br2N2. The predicted molar refractivity (Wildman–Crippen MR) is 189 cm³/mol. The van der Waals surface area contributed by atoms with Crippen LogP contribution in [0.4, 0.5) is 11.4 Å². The van der Waals surface area contributed by atoms with E-state index < -0.39 is 0 Å². The molecule has 5 rings (SSSR count). The van der Waals surface area contributed by atoms with E-state index in [-0.39, 0.29) is 0 Å². The molecule has 0 aromatic heterocycles. The summed E-state index contributed by atoms with van der Waals surface area (Å²) in [4.78, 5) is 11.3. The highest BCUT2D eigenvalue weighted by Gasteiger charge is 2.30. The van der Waals surface area contributed by atoms with Gasteiger partial charge < -0.3 is 0 Å². The van der Waals surface area contributed by atoms with E-state index in [1.807, 2.05) is 0 Å². The Morgan fingerprint density at radius 1 is 0.429 bits per heavy atom. The van der Waals surface area contributed by atoms with Gasteiger partial charge in [0, 0.05) is 20.1 Å². The summed E-state index contributed by atoms with van der Waals surface area (Å²) in [5, 5.41) is 0. The third kappa shape index (κ3) is 5.85. The molecule has 0 N–H and O–H groups in total. The lowest BCUT2D eigenvalue weighted by Crippen LogP contribution is -2.24. The fourth-order valence-electron chi connectivity index (χ4n) is 5.88. The fraction of sp³-hybridized carbons (Fsp3) is 0.316. The van der Waals surface area contributed by atoms with Gasteiger partial charge >= 0.3 is 0 Å². The largest absolute Gasteiger partial charge is 0.245 e. The van der Waals surface area contributed by atoms with Crippen molar-refractivity contribution in [2.24, 2.45) is 9.98 Å². The number of hydrogen-bond donors (Lipinski definition) is 0. The van der Waals surface area contributed by atoms with E-state index in [4.69, 9.17) is 9.98 Å². The van der Waals surface area contributed by atoms with Crippen LogP contribution in [0.2, 0.25) is 0 Å². The van der Waals surface area contributed by atoms with Gasteiger partial charge in [-0.2, -0.15) is 0 Å². The molecule has 0 amide bonds.